The fourth-order valence-electron chi connectivity index (χ4n) is 2.98. The minimum Gasteiger partial charge on any atom is -0.484 e. The maximum Gasteiger partial charge on any atom is 0.416 e. The van der Waals surface area contributed by atoms with E-state index in [4.69, 9.17) is 4.74 Å². The molecular formula is C20H19F3N2O3. The molecule has 0 bridgehead atoms. The zero-order valence-corrected chi connectivity index (χ0v) is 15.2. The summed E-state index contributed by atoms with van der Waals surface area (Å²) in [5, 5.41) is 2.75. The first kappa shape index (κ1) is 19.7. The van der Waals surface area contributed by atoms with Gasteiger partial charge in [-0.3, -0.25) is 9.59 Å². The topological polar surface area (TPSA) is 58.6 Å². The summed E-state index contributed by atoms with van der Waals surface area (Å²) in [6.07, 6.45) is -3.51. The first-order chi connectivity index (χ1) is 13.2. The van der Waals surface area contributed by atoms with Gasteiger partial charge in [0, 0.05) is 25.7 Å². The number of hydrogen-bond acceptors (Lipinski definition) is 3. The van der Waals surface area contributed by atoms with E-state index in [2.05, 4.69) is 5.32 Å². The van der Waals surface area contributed by atoms with Crippen LogP contribution in [0.25, 0.3) is 0 Å². The molecule has 148 valence electrons. The molecule has 0 atom stereocenters. The molecule has 1 heterocycles. The summed E-state index contributed by atoms with van der Waals surface area (Å²) >= 11 is 0. The van der Waals surface area contributed by atoms with Crippen LogP contribution in [0.1, 0.15) is 23.1 Å². The van der Waals surface area contributed by atoms with Gasteiger partial charge in [-0.2, -0.15) is 13.2 Å². The molecule has 0 spiro atoms. The molecule has 1 aliphatic heterocycles. The second-order valence-electron chi connectivity index (χ2n) is 6.56. The number of ether oxygens (including phenoxy) is 1. The molecular weight excluding hydrogens is 373 g/mol. The lowest BCUT2D eigenvalue weighted by atomic mass is 10.0. The monoisotopic (exact) mass is 392 g/mol. The van der Waals surface area contributed by atoms with Crippen molar-refractivity contribution in [1.82, 2.24) is 4.90 Å². The highest BCUT2D eigenvalue weighted by molar-refractivity contribution is 5.94. The Labute approximate surface area is 160 Å². The first-order valence-electron chi connectivity index (χ1n) is 8.68. The van der Waals surface area contributed by atoms with E-state index in [0.29, 0.717) is 18.6 Å². The van der Waals surface area contributed by atoms with Gasteiger partial charge in [-0.15, -0.1) is 0 Å². The summed E-state index contributed by atoms with van der Waals surface area (Å²) < 4.78 is 44.7. The zero-order chi connectivity index (χ0) is 20.3. The molecule has 2 aromatic rings. The molecule has 0 aromatic heterocycles. The van der Waals surface area contributed by atoms with E-state index in [0.717, 1.165) is 17.3 Å². The Morgan fingerprint density at radius 1 is 1.18 bits per heavy atom. The highest BCUT2D eigenvalue weighted by Crippen LogP contribution is 2.32. The number of nitrogens with one attached hydrogen (secondary N) is 1. The van der Waals surface area contributed by atoms with Gasteiger partial charge in [-0.1, -0.05) is 18.2 Å². The molecule has 0 radical (unpaired) electrons. The number of benzene rings is 2. The summed E-state index contributed by atoms with van der Waals surface area (Å²) in [5.41, 5.74) is 0.899. The normalized spacial score (nSPS) is 13.5. The Bertz CT molecular complexity index is 897. The number of likely N-dealkylation sites (N-methyl/N-ethyl adjacent to an activating group) is 1. The van der Waals surface area contributed by atoms with Crippen LogP contribution >= 0.6 is 0 Å². The fraction of sp³-hybridized carbons (Fsp3) is 0.300. The number of carbonyl (C=O) groups excluding carboxylic acids is 2. The van der Waals surface area contributed by atoms with Crippen molar-refractivity contribution in [1.29, 1.82) is 0 Å². The third-order valence-corrected chi connectivity index (χ3v) is 4.49. The molecule has 3 rings (SSSR count). The lowest BCUT2D eigenvalue weighted by molar-refractivity contribution is -0.140. The number of fused-ring (bicyclic) bond motifs is 1. The zero-order valence-electron chi connectivity index (χ0n) is 15.2. The van der Waals surface area contributed by atoms with E-state index in [1.54, 1.807) is 18.2 Å². The summed E-state index contributed by atoms with van der Waals surface area (Å²) in [4.78, 5) is 24.8. The van der Waals surface area contributed by atoms with Crippen molar-refractivity contribution in [3.05, 3.63) is 59.2 Å². The molecule has 2 amide bonds. The first-order valence-corrected chi connectivity index (χ1v) is 8.68. The molecule has 1 N–H and O–H groups in total. The molecule has 1 aliphatic rings. The van der Waals surface area contributed by atoms with E-state index < -0.39 is 17.6 Å². The van der Waals surface area contributed by atoms with Gasteiger partial charge in [-0.05, 0) is 41.8 Å². The Morgan fingerprint density at radius 3 is 2.68 bits per heavy atom. The number of rotatable bonds is 5. The average molecular weight is 392 g/mol. The van der Waals surface area contributed by atoms with Crippen molar-refractivity contribution in [2.24, 2.45) is 0 Å². The van der Waals surface area contributed by atoms with Crippen LogP contribution < -0.4 is 10.1 Å². The number of anilines is 1. The van der Waals surface area contributed by atoms with Gasteiger partial charge in [0.05, 0.1) is 5.56 Å². The maximum absolute atomic E-state index is 13.1. The third kappa shape index (κ3) is 4.62. The maximum atomic E-state index is 13.1. The molecule has 0 saturated carbocycles. The van der Waals surface area contributed by atoms with Crippen molar-refractivity contribution in [2.75, 3.05) is 19.0 Å². The summed E-state index contributed by atoms with van der Waals surface area (Å²) in [7, 11) is 1.43. The van der Waals surface area contributed by atoms with Gasteiger partial charge in [0.15, 0.2) is 6.61 Å². The number of nitrogens with zero attached hydrogens (tertiary/aromatic N) is 1. The highest BCUT2D eigenvalue weighted by atomic mass is 19.4. The van der Waals surface area contributed by atoms with Crippen LogP contribution in [0.15, 0.2) is 42.5 Å². The number of halogens is 3. The van der Waals surface area contributed by atoms with Crippen molar-refractivity contribution >= 4 is 17.5 Å². The molecule has 5 nitrogen and oxygen atoms in total. The number of hydrogen-bond donors (Lipinski definition) is 1. The SMILES string of the molecule is CN(Cc1ccccc1C(F)(F)F)C(=O)COc1ccc2c(c1)CCC(=O)N2. The smallest absolute Gasteiger partial charge is 0.416 e. The Morgan fingerprint density at radius 2 is 1.93 bits per heavy atom. The predicted octanol–water partition coefficient (Wildman–Crippen LogP) is 3.63. The molecule has 2 aromatic carbocycles. The summed E-state index contributed by atoms with van der Waals surface area (Å²) in [5.74, 6) is -0.0209. The lowest BCUT2D eigenvalue weighted by Gasteiger charge is -2.21. The van der Waals surface area contributed by atoms with Gasteiger partial charge in [-0.25, -0.2) is 0 Å². The third-order valence-electron chi connectivity index (χ3n) is 4.49. The second kappa shape index (κ2) is 7.92. The molecule has 0 fully saturated rings. The number of aryl methyl sites for hydroxylation is 1. The van der Waals surface area contributed by atoms with Crippen molar-refractivity contribution < 1.29 is 27.5 Å². The van der Waals surface area contributed by atoms with Crippen LogP contribution in [-0.4, -0.2) is 30.4 Å². The Kier molecular flexibility index (Phi) is 5.58. The molecule has 0 unspecified atom stereocenters. The Hall–Kier alpha value is -3.03. The van der Waals surface area contributed by atoms with E-state index in [-0.39, 0.29) is 24.6 Å². The number of carbonyl (C=O) groups is 2. The molecule has 0 saturated heterocycles. The van der Waals surface area contributed by atoms with Crippen molar-refractivity contribution in [2.45, 2.75) is 25.6 Å². The summed E-state index contributed by atoms with van der Waals surface area (Å²) in [6.45, 7) is -0.468. The van der Waals surface area contributed by atoms with Gasteiger partial charge in [0.2, 0.25) is 5.91 Å². The van der Waals surface area contributed by atoms with E-state index in [1.807, 2.05) is 0 Å². The van der Waals surface area contributed by atoms with Crippen LogP contribution in [0.3, 0.4) is 0 Å². The van der Waals surface area contributed by atoms with E-state index in [9.17, 15) is 22.8 Å². The van der Waals surface area contributed by atoms with Gasteiger partial charge < -0.3 is 15.0 Å². The van der Waals surface area contributed by atoms with Crippen LogP contribution in [0, 0.1) is 0 Å². The average Bonchev–Trinajstić information content (AvgIpc) is 2.65. The fourth-order valence-corrected chi connectivity index (χ4v) is 2.98. The van der Waals surface area contributed by atoms with Gasteiger partial charge in [0.25, 0.3) is 5.91 Å². The minimum atomic E-state index is -4.48. The van der Waals surface area contributed by atoms with Crippen LogP contribution in [0.2, 0.25) is 0 Å². The molecule has 28 heavy (non-hydrogen) atoms. The highest BCUT2D eigenvalue weighted by Gasteiger charge is 2.33. The van der Waals surface area contributed by atoms with Crippen LogP contribution in [0.4, 0.5) is 18.9 Å². The molecule has 8 heteroatoms. The number of alkyl halides is 3. The largest absolute Gasteiger partial charge is 0.484 e. The second-order valence-corrected chi connectivity index (χ2v) is 6.56. The predicted molar refractivity (Wildman–Crippen MR) is 96.8 cm³/mol. The van der Waals surface area contributed by atoms with Crippen molar-refractivity contribution in [3.63, 3.8) is 0 Å². The standard InChI is InChI=1S/C20H19F3N2O3/c1-25(11-14-4-2-3-5-16(14)20(21,22)23)19(27)12-28-15-7-8-17-13(10-15)6-9-18(26)24-17/h2-5,7-8,10H,6,9,11-12H2,1H3,(H,24,26). The van der Waals surface area contributed by atoms with E-state index >= 15 is 0 Å². The van der Waals surface area contributed by atoms with E-state index in [1.165, 1.54) is 30.1 Å². The van der Waals surface area contributed by atoms with Crippen LogP contribution in [0.5, 0.6) is 5.75 Å². The Balaban J connectivity index is 1.61. The summed E-state index contributed by atoms with van der Waals surface area (Å²) in [6, 6.07) is 10.3. The molecule has 0 aliphatic carbocycles. The van der Waals surface area contributed by atoms with Gasteiger partial charge in [0.1, 0.15) is 5.75 Å². The van der Waals surface area contributed by atoms with Crippen LogP contribution in [-0.2, 0) is 28.7 Å². The quantitative estimate of drug-likeness (QED) is 0.846. The van der Waals surface area contributed by atoms with Gasteiger partial charge >= 0.3 is 6.18 Å². The lowest BCUT2D eigenvalue weighted by Crippen LogP contribution is -2.31. The minimum absolute atomic E-state index is 0.0235. The number of amides is 2. The van der Waals surface area contributed by atoms with Crippen molar-refractivity contribution in [3.8, 4) is 5.75 Å².